The maximum atomic E-state index is 3.51. The van der Waals surface area contributed by atoms with Crippen molar-refractivity contribution in [2.24, 2.45) is 0 Å². The normalized spacial score (nSPS) is 11.0. The monoisotopic (exact) mass is 333 g/mol. The van der Waals surface area contributed by atoms with Crippen molar-refractivity contribution >= 4 is 12.3 Å². The molecule has 3 rings (SSSR count). The van der Waals surface area contributed by atoms with Crippen LogP contribution in [0.15, 0.2) is 97.1 Å². The van der Waals surface area contributed by atoms with Crippen LogP contribution in [0.25, 0.3) is 6.08 Å². The molecule has 0 aromatic heterocycles. The Morgan fingerprint density at radius 3 is 1.58 bits per heavy atom. The predicted molar refractivity (Wildman–Crippen MR) is 97.2 cm³/mol. The van der Waals surface area contributed by atoms with Crippen LogP contribution in [0.3, 0.4) is 0 Å². The third-order valence-electron chi connectivity index (χ3n) is 3.71. The van der Waals surface area contributed by atoms with Crippen LogP contribution in [0, 0.1) is 0 Å². The first kappa shape index (κ1) is 17.7. The molecule has 0 aliphatic rings. The molecule has 0 bridgehead atoms. The average Bonchev–Trinajstić information content (AvgIpc) is 2.64. The fourth-order valence-electron chi connectivity index (χ4n) is 2.55. The van der Waals surface area contributed by atoms with Crippen molar-refractivity contribution in [2.75, 3.05) is 0 Å². The molecule has 0 spiro atoms. The zero-order chi connectivity index (χ0) is 15.7. The molecule has 0 aliphatic carbocycles. The molecule has 3 aromatic rings. The highest BCUT2D eigenvalue weighted by molar-refractivity contribution is 5.74. The van der Waals surface area contributed by atoms with Gasteiger partial charge in [-0.25, -0.2) is 4.99 Å². The Labute approximate surface area is 149 Å². The molecular weight excluding hydrogens is 314 g/mol. The second kappa shape index (κ2) is 9.49. The van der Waals surface area contributed by atoms with Crippen LogP contribution < -0.4 is 17.4 Å². The first-order valence-corrected chi connectivity index (χ1v) is 7.84. The Hall–Kier alpha value is -2.64. The molecule has 2 heteroatoms. The predicted octanol–water partition coefficient (Wildman–Crippen LogP) is 0.645. The highest BCUT2D eigenvalue weighted by atomic mass is 35.5. The fraction of sp³-hybridized carbons (Fsp3) is 0.0455. The number of nitrogens with one attached hydrogen (secondary N) is 1. The molecule has 0 saturated carbocycles. The van der Waals surface area contributed by atoms with Gasteiger partial charge in [-0.15, -0.1) is 0 Å². The molecule has 0 amide bonds. The van der Waals surface area contributed by atoms with Gasteiger partial charge in [-0.1, -0.05) is 91.0 Å². The Bertz CT molecular complexity index is 725. The van der Waals surface area contributed by atoms with E-state index >= 15 is 0 Å². The minimum atomic E-state index is 0. The molecule has 0 radical (unpaired) electrons. The number of benzene rings is 3. The summed E-state index contributed by atoms with van der Waals surface area (Å²) >= 11 is 0. The lowest BCUT2D eigenvalue weighted by molar-refractivity contribution is -0.491. The van der Waals surface area contributed by atoms with Gasteiger partial charge in [0, 0.05) is 17.2 Å². The molecule has 0 heterocycles. The molecule has 24 heavy (non-hydrogen) atoms. The molecule has 0 aliphatic heterocycles. The molecule has 0 unspecified atom stereocenters. The summed E-state index contributed by atoms with van der Waals surface area (Å²) in [4.78, 5) is 3.51. The van der Waals surface area contributed by atoms with Gasteiger partial charge >= 0.3 is 0 Å². The van der Waals surface area contributed by atoms with Crippen LogP contribution in [0.4, 0.5) is 0 Å². The summed E-state index contributed by atoms with van der Waals surface area (Å²) in [5.41, 5.74) is 3.70. The van der Waals surface area contributed by atoms with E-state index in [-0.39, 0.29) is 18.4 Å². The lowest BCUT2D eigenvalue weighted by Gasteiger charge is -2.08. The Balaban J connectivity index is 0.00000208. The number of rotatable bonds is 5. The summed E-state index contributed by atoms with van der Waals surface area (Å²) in [6.07, 6.45) is 6.16. The molecule has 0 fully saturated rings. The largest absolute Gasteiger partial charge is 1.00 e. The van der Waals surface area contributed by atoms with E-state index in [1.807, 2.05) is 42.6 Å². The maximum Gasteiger partial charge on any atom is 0.201 e. The highest BCUT2D eigenvalue weighted by Gasteiger charge is 2.16. The lowest BCUT2D eigenvalue weighted by Crippen LogP contribution is -3.00. The topological polar surface area (TPSA) is 14.0 Å². The van der Waals surface area contributed by atoms with E-state index in [0.29, 0.717) is 0 Å². The highest BCUT2D eigenvalue weighted by Crippen LogP contribution is 2.16. The number of hydrogen-bond donors (Lipinski definition) is 1. The van der Waals surface area contributed by atoms with Crippen molar-refractivity contribution in [3.63, 3.8) is 0 Å². The minimum absolute atomic E-state index is 0. The van der Waals surface area contributed by atoms with Crippen LogP contribution in [-0.2, 0) is 0 Å². The maximum absolute atomic E-state index is 3.51. The molecule has 0 saturated heterocycles. The van der Waals surface area contributed by atoms with Gasteiger partial charge in [0.25, 0.3) is 0 Å². The van der Waals surface area contributed by atoms with Gasteiger partial charge in [0.2, 0.25) is 6.04 Å². The number of halogens is 1. The molecular formula is C22H20ClN. The van der Waals surface area contributed by atoms with Gasteiger partial charge in [0.1, 0.15) is 0 Å². The van der Waals surface area contributed by atoms with Gasteiger partial charge in [-0.2, -0.15) is 0 Å². The smallest absolute Gasteiger partial charge is 0.201 e. The SMILES string of the molecule is C(/C=C/c1ccccc1)=[NH+]C(c1ccccc1)c1ccccc1.[Cl-]. The van der Waals surface area contributed by atoms with Gasteiger partial charge in [0.05, 0.1) is 0 Å². The molecule has 3 aromatic carbocycles. The summed E-state index contributed by atoms with van der Waals surface area (Å²) in [5.74, 6) is 0. The van der Waals surface area contributed by atoms with E-state index in [1.54, 1.807) is 0 Å². The van der Waals surface area contributed by atoms with Crippen LogP contribution >= 0.6 is 0 Å². The minimum Gasteiger partial charge on any atom is -1.00 e. The number of allylic oxidation sites excluding steroid dienone is 1. The summed E-state index contributed by atoms with van der Waals surface area (Å²) in [6, 6.07) is 31.5. The molecule has 1 nitrogen and oxygen atoms in total. The zero-order valence-corrected chi connectivity index (χ0v) is 14.1. The van der Waals surface area contributed by atoms with E-state index in [9.17, 15) is 0 Å². The van der Waals surface area contributed by atoms with Crippen LogP contribution in [0.2, 0.25) is 0 Å². The average molecular weight is 334 g/mol. The summed E-state index contributed by atoms with van der Waals surface area (Å²) in [6.45, 7) is 0. The summed E-state index contributed by atoms with van der Waals surface area (Å²) < 4.78 is 0. The van der Waals surface area contributed by atoms with Gasteiger partial charge in [-0.3, -0.25) is 0 Å². The van der Waals surface area contributed by atoms with Crippen LogP contribution in [-0.4, -0.2) is 6.21 Å². The Morgan fingerprint density at radius 1 is 0.625 bits per heavy atom. The zero-order valence-electron chi connectivity index (χ0n) is 13.3. The van der Waals surface area contributed by atoms with E-state index in [0.717, 1.165) is 0 Å². The van der Waals surface area contributed by atoms with Crippen molar-refractivity contribution in [2.45, 2.75) is 6.04 Å². The molecule has 0 atom stereocenters. The second-order valence-electron chi connectivity index (χ2n) is 5.36. The Morgan fingerprint density at radius 2 is 1.08 bits per heavy atom. The third-order valence-corrected chi connectivity index (χ3v) is 3.71. The van der Waals surface area contributed by atoms with E-state index in [4.69, 9.17) is 0 Å². The fourth-order valence-corrected chi connectivity index (χ4v) is 2.55. The first-order valence-electron chi connectivity index (χ1n) is 7.84. The van der Waals surface area contributed by atoms with Crippen LogP contribution in [0.1, 0.15) is 22.7 Å². The van der Waals surface area contributed by atoms with Crippen molar-refractivity contribution < 1.29 is 17.4 Å². The standard InChI is InChI=1S/C22H19N.ClH/c1-4-11-19(12-5-1)13-10-18-23-22(20-14-6-2-7-15-20)21-16-8-3-9-17-21;/h1-18,22H;1H/b13-10+,23-18?;. The Kier molecular flexibility index (Phi) is 7.00. The van der Waals surface area contributed by atoms with Crippen molar-refractivity contribution in [3.05, 3.63) is 114 Å². The van der Waals surface area contributed by atoms with Gasteiger partial charge < -0.3 is 12.4 Å². The van der Waals surface area contributed by atoms with Crippen molar-refractivity contribution in [3.8, 4) is 0 Å². The molecule has 120 valence electrons. The second-order valence-corrected chi connectivity index (χ2v) is 5.36. The van der Waals surface area contributed by atoms with Gasteiger partial charge in [0.15, 0.2) is 6.21 Å². The van der Waals surface area contributed by atoms with E-state index in [1.165, 1.54) is 16.7 Å². The lowest BCUT2D eigenvalue weighted by atomic mass is 9.99. The van der Waals surface area contributed by atoms with Crippen LogP contribution in [0.5, 0.6) is 0 Å². The number of hydrogen-bond acceptors (Lipinski definition) is 0. The quantitative estimate of drug-likeness (QED) is 0.659. The first-order chi connectivity index (χ1) is 11.4. The van der Waals surface area contributed by atoms with Crippen molar-refractivity contribution in [1.82, 2.24) is 0 Å². The van der Waals surface area contributed by atoms with E-state index in [2.05, 4.69) is 71.7 Å². The third kappa shape index (κ3) is 4.94. The van der Waals surface area contributed by atoms with Crippen molar-refractivity contribution in [1.29, 1.82) is 0 Å². The summed E-state index contributed by atoms with van der Waals surface area (Å²) in [5, 5.41) is 0. The summed E-state index contributed by atoms with van der Waals surface area (Å²) in [7, 11) is 0. The van der Waals surface area contributed by atoms with Gasteiger partial charge in [-0.05, 0) is 11.6 Å². The molecule has 1 N–H and O–H groups in total. The van der Waals surface area contributed by atoms with E-state index < -0.39 is 0 Å².